The highest BCUT2D eigenvalue weighted by Gasteiger charge is 2.28. The fraction of sp³-hybridized carbons (Fsp3) is 0.667. The smallest absolute Gasteiger partial charge is 0.259 e. The second kappa shape index (κ2) is 10.5. The summed E-state index contributed by atoms with van der Waals surface area (Å²) in [6, 6.07) is 6.72. The molecule has 6 heteroatoms. The molecule has 0 radical (unpaired) electrons. The van der Waals surface area contributed by atoms with Gasteiger partial charge in [0.15, 0.2) is 0 Å². The van der Waals surface area contributed by atoms with Crippen molar-refractivity contribution in [2.75, 3.05) is 45.9 Å². The van der Waals surface area contributed by atoms with E-state index >= 15 is 0 Å². The lowest BCUT2D eigenvalue weighted by Gasteiger charge is -2.42. The number of fused-ring (bicyclic) bond motifs is 1. The predicted octanol–water partition coefficient (Wildman–Crippen LogP) is 3.13. The summed E-state index contributed by atoms with van der Waals surface area (Å²) in [5.74, 6) is 0.680. The van der Waals surface area contributed by atoms with Crippen LogP contribution in [0.25, 0.3) is 10.9 Å². The van der Waals surface area contributed by atoms with E-state index in [2.05, 4.69) is 25.8 Å². The number of aromatic nitrogens is 2. The minimum Gasteiger partial charge on any atom is -0.378 e. The van der Waals surface area contributed by atoms with Crippen LogP contribution in [-0.2, 0) is 11.2 Å². The van der Waals surface area contributed by atoms with Gasteiger partial charge in [0.25, 0.3) is 5.56 Å². The summed E-state index contributed by atoms with van der Waals surface area (Å²) >= 11 is 0. The normalized spacial score (nSPS) is 18.7. The number of benzene rings is 1. The number of nitrogens with zero attached hydrogens (tertiary/aromatic N) is 3. The van der Waals surface area contributed by atoms with Gasteiger partial charge in [0.2, 0.25) is 0 Å². The van der Waals surface area contributed by atoms with Crippen LogP contribution in [0.1, 0.15) is 49.9 Å². The van der Waals surface area contributed by atoms with Crippen LogP contribution in [0.5, 0.6) is 0 Å². The van der Waals surface area contributed by atoms with Gasteiger partial charge in [-0.25, -0.2) is 4.98 Å². The Bertz CT molecular complexity index is 869. The standard InChI is InChI=1S/C24H36N4O2/c1-19-25-22-11-8-10-20(23(22)24(29)26-19)9-6-4-2-3-5-7-12-27-13-15-28(16-14-27)21-17-30-18-21/h8,10-11,21H,2-7,9,12-18H2,1H3,(H,25,26,29). The van der Waals surface area contributed by atoms with Crippen LogP contribution in [0.15, 0.2) is 23.0 Å². The lowest BCUT2D eigenvalue weighted by Crippen LogP contribution is -2.56. The van der Waals surface area contributed by atoms with Crippen molar-refractivity contribution in [1.82, 2.24) is 19.8 Å². The molecule has 2 saturated heterocycles. The molecule has 0 aliphatic carbocycles. The van der Waals surface area contributed by atoms with Gasteiger partial charge in [-0.2, -0.15) is 0 Å². The molecule has 0 unspecified atom stereocenters. The summed E-state index contributed by atoms with van der Waals surface area (Å²) in [4.78, 5) is 24.9. The van der Waals surface area contributed by atoms with Crippen molar-refractivity contribution in [1.29, 1.82) is 0 Å². The molecule has 0 amide bonds. The van der Waals surface area contributed by atoms with Crippen molar-refractivity contribution in [3.8, 4) is 0 Å². The number of rotatable bonds is 10. The van der Waals surface area contributed by atoms with Crippen molar-refractivity contribution in [3.05, 3.63) is 39.9 Å². The first-order valence-electron chi connectivity index (χ1n) is 11.7. The van der Waals surface area contributed by atoms with Crippen LogP contribution < -0.4 is 5.56 Å². The van der Waals surface area contributed by atoms with Gasteiger partial charge in [-0.15, -0.1) is 0 Å². The maximum absolute atomic E-state index is 12.3. The first kappa shape index (κ1) is 21.5. The van der Waals surface area contributed by atoms with Gasteiger partial charge in [-0.1, -0.05) is 37.8 Å². The number of H-pyrrole nitrogens is 1. The van der Waals surface area contributed by atoms with Crippen molar-refractivity contribution in [2.45, 2.75) is 57.9 Å². The van der Waals surface area contributed by atoms with Crippen molar-refractivity contribution in [3.63, 3.8) is 0 Å². The Kier molecular flexibility index (Phi) is 7.52. The fourth-order valence-corrected chi connectivity index (χ4v) is 4.73. The Morgan fingerprint density at radius 2 is 1.77 bits per heavy atom. The number of piperazine rings is 1. The van der Waals surface area contributed by atoms with Crippen LogP contribution in [-0.4, -0.2) is 71.7 Å². The van der Waals surface area contributed by atoms with Crippen LogP contribution in [0, 0.1) is 6.92 Å². The highest BCUT2D eigenvalue weighted by atomic mass is 16.5. The molecule has 1 N–H and O–H groups in total. The third kappa shape index (κ3) is 5.48. The first-order chi connectivity index (χ1) is 14.7. The molecule has 2 aliphatic rings. The molecule has 3 heterocycles. The number of unbranched alkanes of at least 4 members (excludes halogenated alkanes) is 5. The summed E-state index contributed by atoms with van der Waals surface area (Å²) < 4.78 is 5.31. The van der Waals surface area contributed by atoms with Gasteiger partial charge >= 0.3 is 0 Å². The summed E-state index contributed by atoms with van der Waals surface area (Å²) in [6.45, 7) is 9.81. The largest absolute Gasteiger partial charge is 0.378 e. The Morgan fingerprint density at radius 3 is 2.50 bits per heavy atom. The zero-order valence-corrected chi connectivity index (χ0v) is 18.4. The molecule has 0 bridgehead atoms. The van der Waals surface area contributed by atoms with Gasteiger partial charge in [-0.05, 0) is 44.4 Å². The lowest BCUT2D eigenvalue weighted by molar-refractivity contribution is -0.0768. The van der Waals surface area contributed by atoms with Crippen molar-refractivity contribution < 1.29 is 4.74 Å². The van der Waals surface area contributed by atoms with E-state index in [9.17, 15) is 4.79 Å². The molecular formula is C24H36N4O2. The summed E-state index contributed by atoms with van der Waals surface area (Å²) in [6.07, 6.45) is 8.57. The molecule has 1 aromatic carbocycles. The Morgan fingerprint density at radius 1 is 1.03 bits per heavy atom. The average Bonchev–Trinajstić information content (AvgIpc) is 2.69. The van der Waals surface area contributed by atoms with E-state index in [-0.39, 0.29) is 5.56 Å². The van der Waals surface area contributed by atoms with E-state index in [0.717, 1.165) is 42.5 Å². The molecule has 2 aromatic rings. The van der Waals surface area contributed by atoms with Gasteiger partial charge in [0.1, 0.15) is 5.82 Å². The summed E-state index contributed by atoms with van der Waals surface area (Å²) in [5.41, 5.74) is 1.94. The molecule has 0 spiro atoms. The van der Waals surface area contributed by atoms with Gasteiger partial charge in [-0.3, -0.25) is 9.69 Å². The number of hydrogen-bond acceptors (Lipinski definition) is 5. The number of aromatic amines is 1. The van der Waals surface area contributed by atoms with E-state index in [4.69, 9.17) is 4.74 Å². The van der Waals surface area contributed by atoms with Crippen LogP contribution in [0.2, 0.25) is 0 Å². The van der Waals surface area contributed by atoms with E-state index in [1.54, 1.807) is 0 Å². The summed E-state index contributed by atoms with van der Waals surface area (Å²) in [7, 11) is 0. The monoisotopic (exact) mass is 412 g/mol. The maximum Gasteiger partial charge on any atom is 0.259 e. The molecule has 0 atom stereocenters. The van der Waals surface area contributed by atoms with Crippen molar-refractivity contribution in [2.24, 2.45) is 0 Å². The zero-order valence-electron chi connectivity index (χ0n) is 18.4. The predicted molar refractivity (Wildman–Crippen MR) is 121 cm³/mol. The molecule has 2 aliphatic heterocycles. The van der Waals surface area contributed by atoms with Crippen molar-refractivity contribution >= 4 is 10.9 Å². The molecule has 2 fully saturated rings. The second-order valence-electron chi connectivity index (χ2n) is 8.90. The van der Waals surface area contributed by atoms with Gasteiger partial charge < -0.3 is 14.6 Å². The first-order valence-corrected chi connectivity index (χ1v) is 11.7. The van der Waals surface area contributed by atoms with E-state index in [0.29, 0.717) is 11.9 Å². The van der Waals surface area contributed by atoms with E-state index < -0.39 is 0 Å². The minimum atomic E-state index is -0.00467. The van der Waals surface area contributed by atoms with E-state index in [1.807, 2.05) is 19.1 Å². The average molecular weight is 413 g/mol. The minimum absolute atomic E-state index is 0.00467. The molecule has 4 rings (SSSR count). The SMILES string of the molecule is Cc1nc2cccc(CCCCCCCCN3CCN(C4COC4)CC3)c2c(=O)[nH]1. The number of ether oxygens (including phenoxy) is 1. The molecule has 30 heavy (non-hydrogen) atoms. The third-order valence-electron chi connectivity index (χ3n) is 6.65. The maximum atomic E-state index is 12.3. The van der Waals surface area contributed by atoms with E-state index in [1.165, 1.54) is 64.8 Å². The quantitative estimate of drug-likeness (QED) is 0.608. The highest BCUT2D eigenvalue weighted by molar-refractivity contribution is 5.81. The Labute approximate surface area is 179 Å². The zero-order chi connectivity index (χ0) is 20.8. The molecule has 6 nitrogen and oxygen atoms in total. The van der Waals surface area contributed by atoms with Crippen LogP contribution in [0.4, 0.5) is 0 Å². The van der Waals surface area contributed by atoms with Crippen LogP contribution in [0.3, 0.4) is 0 Å². The topological polar surface area (TPSA) is 61.5 Å². The number of hydrogen-bond donors (Lipinski definition) is 1. The molecular weight excluding hydrogens is 376 g/mol. The second-order valence-corrected chi connectivity index (χ2v) is 8.90. The van der Waals surface area contributed by atoms with Gasteiger partial charge in [0, 0.05) is 26.2 Å². The van der Waals surface area contributed by atoms with Crippen LogP contribution >= 0.6 is 0 Å². The lowest BCUT2D eigenvalue weighted by atomic mass is 10.0. The van der Waals surface area contributed by atoms with Gasteiger partial charge in [0.05, 0.1) is 30.2 Å². The third-order valence-corrected chi connectivity index (χ3v) is 6.65. The summed E-state index contributed by atoms with van der Waals surface area (Å²) in [5, 5.41) is 0.771. The number of aryl methyl sites for hydroxylation is 2. The number of nitrogens with one attached hydrogen (secondary N) is 1. The molecule has 164 valence electrons. The fourth-order valence-electron chi connectivity index (χ4n) is 4.73. The molecule has 1 aromatic heterocycles. The molecule has 0 saturated carbocycles. The Hall–Kier alpha value is -1.76. The highest BCUT2D eigenvalue weighted by Crippen LogP contribution is 2.17. The Balaban J connectivity index is 1.08.